The Kier molecular flexibility index (Phi) is 5.22. The van der Waals surface area contributed by atoms with Gasteiger partial charge >= 0.3 is 0 Å². The van der Waals surface area contributed by atoms with E-state index in [0.717, 1.165) is 17.5 Å². The van der Waals surface area contributed by atoms with Gasteiger partial charge in [0.1, 0.15) is 18.7 Å². The van der Waals surface area contributed by atoms with Gasteiger partial charge in [0.15, 0.2) is 0 Å². The smallest absolute Gasteiger partial charge is 0.238 e. The number of nitrogens with zero attached hydrogens (tertiary/aromatic N) is 3. The van der Waals surface area contributed by atoms with E-state index in [0.29, 0.717) is 13.1 Å². The normalized spacial score (nSPS) is 19.1. The van der Waals surface area contributed by atoms with E-state index in [-0.39, 0.29) is 18.0 Å². The molecule has 3 aromatic rings. The molecule has 2 heterocycles. The zero-order chi connectivity index (χ0) is 18.5. The molecule has 2 unspecified atom stereocenters. The molecule has 1 aromatic heterocycles. The van der Waals surface area contributed by atoms with Crippen LogP contribution in [0.3, 0.4) is 0 Å². The number of rotatable bonds is 6. The van der Waals surface area contributed by atoms with Crippen molar-refractivity contribution < 1.29 is 4.79 Å². The first-order chi connectivity index (χ1) is 13.3. The monoisotopic (exact) mass is 362 g/mol. The first-order valence-electron chi connectivity index (χ1n) is 9.02. The second-order valence-corrected chi connectivity index (χ2v) is 6.67. The van der Waals surface area contributed by atoms with Gasteiger partial charge in [0.05, 0.1) is 6.54 Å². The molecule has 2 atom stereocenters. The van der Waals surface area contributed by atoms with Crippen LogP contribution >= 0.6 is 0 Å². The van der Waals surface area contributed by atoms with Gasteiger partial charge in [-0.3, -0.25) is 4.79 Å². The largest absolute Gasteiger partial charge is 0.351 e. The third-order valence-electron chi connectivity index (χ3n) is 4.72. The summed E-state index contributed by atoms with van der Waals surface area (Å²) in [6, 6.07) is 18.2. The lowest BCUT2D eigenvalue weighted by Gasteiger charge is -2.11. The van der Waals surface area contributed by atoms with Gasteiger partial charge in [-0.1, -0.05) is 54.6 Å². The summed E-state index contributed by atoms with van der Waals surface area (Å²) in [5, 5.41) is 7.11. The van der Waals surface area contributed by atoms with Gasteiger partial charge in [0, 0.05) is 12.6 Å². The van der Waals surface area contributed by atoms with Crippen molar-refractivity contribution >= 4 is 5.91 Å². The molecule has 0 saturated carbocycles. The number of carbonyl (C=O) groups excluding carboxylic acids is 1. The Bertz CT molecular complexity index is 863. The summed E-state index contributed by atoms with van der Waals surface area (Å²) in [5.41, 5.74) is 9.69. The maximum atomic E-state index is 12.4. The van der Waals surface area contributed by atoms with E-state index in [4.69, 9.17) is 0 Å². The Hall–Kier alpha value is -3.03. The number of hydrogen-bond donors (Lipinski definition) is 3. The summed E-state index contributed by atoms with van der Waals surface area (Å²) < 4.78 is 1.78. The van der Waals surface area contributed by atoms with Crippen LogP contribution in [0.4, 0.5) is 0 Å². The molecule has 27 heavy (non-hydrogen) atoms. The average molecular weight is 362 g/mol. The van der Waals surface area contributed by atoms with Gasteiger partial charge in [-0.15, -0.1) is 0 Å². The van der Waals surface area contributed by atoms with Crippen molar-refractivity contribution in [3.63, 3.8) is 0 Å². The number of amides is 1. The van der Waals surface area contributed by atoms with Crippen LogP contribution in [-0.2, 0) is 17.9 Å². The summed E-state index contributed by atoms with van der Waals surface area (Å²) in [7, 11) is 0. The zero-order valence-electron chi connectivity index (χ0n) is 14.9. The summed E-state index contributed by atoms with van der Waals surface area (Å²) >= 11 is 0. The fraction of sp³-hybridized carbons (Fsp3) is 0.250. The van der Waals surface area contributed by atoms with Gasteiger partial charge in [-0.25, -0.2) is 20.5 Å². The Morgan fingerprint density at radius 1 is 1.07 bits per heavy atom. The Balaban J connectivity index is 1.27. The lowest BCUT2D eigenvalue weighted by atomic mass is 10.0. The van der Waals surface area contributed by atoms with Crippen molar-refractivity contribution in [3.8, 4) is 0 Å². The first-order valence-corrected chi connectivity index (χ1v) is 9.02. The standard InChI is InChI=1S/C20H22N6O/c27-20(19-10-18(24-25-19)17-4-2-1-3-5-17)22-11-15-6-8-16(9-7-15)12-26-14-21-13-23-26/h1-9,13-14,18-19,24-25H,10-12H2,(H,22,27). The quantitative estimate of drug-likeness (QED) is 0.620. The lowest BCUT2D eigenvalue weighted by Crippen LogP contribution is -2.42. The molecule has 0 bridgehead atoms. The number of hydrogen-bond acceptors (Lipinski definition) is 5. The molecule has 1 fully saturated rings. The number of aromatic nitrogens is 3. The van der Waals surface area contributed by atoms with Gasteiger partial charge in [-0.05, 0) is 23.1 Å². The Morgan fingerprint density at radius 2 is 1.85 bits per heavy atom. The van der Waals surface area contributed by atoms with Crippen LogP contribution in [0.15, 0.2) is 67.3 Å². The number of benzene rings is 2. The topological polar surface area (TPSA) is 83.9 Å². The highest BCUT2D eigenvalue weighted by Gasteiger charge is 2.29. The molecule has 0 radical (unpaired) electrons. The van der Waals surface area contributed by atoms with Gasteiger partial charge in [0.2, 0.25) is 5.91 Å². The van der Waals surface area contributed by atoms with E-state index in [2.05, 4.69) is 38.4 Å². The van der Waals surface area contributed by atoms with E-state index < -0.39 is 0 Å². The van der Waals surface area contributed by atoms with E-state index >= 15 is 0 Å². The number of carbonyl (C=O) groups is 1. The highest BCUT2D eigenvalue weighted by molar-refractivity contribution is 5.82. The SMILES string of the molecule is O=C(NCc1ccc(Cn2cncn2)cc1)C1CC(c2ccccc2)NN1. The minimum atomic E-state index is -0.234. The Morgan fingerprint density at radius 3 is 2.59 bits per heavy atom. The molecule has 1 saturated heterocycles. The summed E-state index contributed by atoms with van der Waals surface area (Å²) in [6.45, 7) is 1.20. The molecule has 1 amide bonds. The van der Waals surface area contributed by atoms with E-state index in [1.165, 1.54) is 11.9 Å². The second-order valence-electron chi connectivity index (χ2n) is 6.67. The fourth-order valence-electron chi connectivity index (χ4n) is 3.21. The molecular formula is C20H22N6O. The molecule has 0 aliphatic carbocycles. The second kappa shape index (κ2) is 8.11. The third-order valence-corrected chi connectivity index (χ3v) is 4.72. The average Bonchev–Trinajstić information content (AvgIpc) is 3.40. The van der Waals surface area contributed by atoms with Crippen LogP contribution in [0.2, 0.25) is 0 Å². The van der Waals surface area contributed by atoms with Crippen LogP contribution in [0, 0.1) is 0 Å². The predicted octanol–water partition coefficient (Wildman–Crippen LogP) is 1.55. The van der Waals surface area contributed by atoms with Crippen molar-refractivity contribution in [1.29, 1.82) is 0 Å². The molecule has 2 aromatic carbocycles. The minimum Gasteiger partial charge on any atom is -0.351 e. The molecular weight excluding hydrogens is 340 g/mol. The molecule has 4 rings (SSSR count). The molecule has 138 valence electrons. The summed E-state index contributed by atoms with van der Waals surface area (Å²) in [6.07, 6.45) is 3.95. The first kappa shape index (κ1) is 17.4. The van der Waals surface area contributed by atoms with Gasteiger partial charge in [-0.2, -0.15) is 5.10 Å². The number of nitrogens with one attached hydrogen (secondary N) is 3. The molecule has 7 nitrogen and oxygen atoms in total. The minimum absolute atomic E-state index is 0.00706. The lowest BCUT2D eigenvalue weighted by molar-refractivity contribution is -0.123. The van der Waals surface area contributed by atoms with Crippen molar-refractivity contribution in [3.05, 3.63) is 83.9 Å². The van der Waals surface area contributed by atoms with E-state index in [1.807, 2.05) is 42.5 Å². The van der Waals surface area contributed by atoms with Crippen molar-refractivity contribution in [2.75, 3.05) is 0 Å². The van der Waals surface area contributed by atoms with Crippen molar-refractivity contribution in [1.82, 2.24) is 30.9 Å². The maximum Gasteiger partial charge on any atom is 0.238 e. The van der Waals surface area contributed by atoms with Gasteiger partial charge < -0.3 is 5.32 Å². The van der Waals surface area contributed by atoms with Crippen LogP contribution in [0.5, 0.6) is 0 Å². The highest BCUT2D eigenvalue weighted by atomic mass is 16.2. The summed E-state index contributed by atoms with van der Waals surface area (Å²) in [5.74, 6) is 0.00706. The van der Waals surface area contributed by atoms with Crippen molar-refractivity contribution in [2.24, 2.45) is 0 Å². The number of hydrazine groups is 1. The molecule has 0 spiro atoms. The van der Waals surface area contributed by atoms with Crippen LogP contribution in [0.1, 0.15) is 29.2 Å². The Labute approximate surface area is 157 Å². The van der Waals surface area contributed by atoms with Gasteiger partial charge in [0.25, 0.3) is 0 Å². The molecule has 7 heteroatoms. The molecule has 1 aliphatic heterocycles. The summed E-state index contributed by atoms with van der Waals surface area (Å²) in [4.78, 5) is 16.4. The molecule has 1 aliphatic rings. The molecule has 3 N–H and O–H groups in total. The zero-order valence-corrected chi connectivity index (χ0v) is 14.9. The van der Waals surface area contributed by atoms with Crippen LogP contribution < -0.4 is 16.2 Å². The highest BCUT2D eigenvalue weighted by Crippen LogP contribution is 2.21. The van der Waals surface area contributed by atoms with Crippen molar-refractivity contribution in [2.45, 2.75) is 31.6 Å². The van der Waals surface area contributed by atoms with E-state index in [1.54, 1.807) is 11.0 Å². The third kappa shape index (κ3) is 4.39. The fourth-order valence-corrected chi connectivity index (χ4v) is 3.21. The maximum absolute atomic E-state index is 12.4. The van der Waals surface area contributed by atoms with Crippen LogP contribution in [-0.4, -0.2) is 26.7 Å². The van der Waals surface area contributed by atoms with Crippen LogP contribution in [0.25, 0.3) is 0 Å². The van der Waals surface area contributed by atoms with E-state index in [9.17, 15) is 4.79 Å². The predicted molar refractivity (Wildman–Crippen MR) is 101 cm³/mol.